The van der Waals surface area contributed by atoms with Gasteiger partial charge < -0.3 is 15.0 Å². The number of fused-ring (bicyclic) bond motifs is 3. The SMILES string of the molecule is CC(C)(C)OC(=O)Cn1c2ncnc(N)c2c2cc(C(F)(F)F)cc(F)c21. The Morgan fingerprint density at radius 3 is 2.48 bits per heavy atom. The molecule has 2 N–H and O–H groups in total. The lowest BCUT2D eigenvalue weighted by Crippen LogP contribution is -2.26. The molecule has 0 unspecified atom stereocenters. The van der Waals surface area contributed by atoms with Crippen LogP contribution in [0, 0.1) is 5.82 Å². The minimum atomic E-state index is -4.75. The Kier molecular flexibility index (Phi) is 4.24. The van der Waals surface area contributed by atoms with Gasteiger partial charge >= 0.3 is 12.1 Å². The number of hydrogen-bond donors (Lipinski definition) is 1. The van der Waals surface area contributed by atoms with Crippen molar-refractivity contribution in [2.24, 2.45) is 0 Å². The minimum Gasteiger partial charge on any atom is -0.459 e. The molecular weight excluding hydrogens is 368 g/mol. The molecule has 144 valence electrons. The Morgan fingerprint density at radius 2 is 1.89 bits per heavy atom. The molecule has 0 atom stereocenters. The van der Waals surface area contributed by atoms with E-state index in [-0.39, 0.29) is 27.8 Å². The monoisotopic (exact) mass is 384 g/mol. The summed E-state index contributed by atoms with van der Waals surface area (Å²) >= 11 is 0. The summed E-state index contributed by atoms with van der Waals surface area (Å²) in [6, 6.07) is 1.14. The number of alkyl halides is 3. The highest BCUT2D eigenvalue weighted by Crippen LogP contribution is 2.38. The van der Waals surface area contributed by atoms with Crippen molar-refractivity contribution in [2.45, 2.75) is 39.1 Å². The van der Waals surface area contributed by atoms with E-state index in [1.165, 1.54) is 0 Å². The number of carbonyl (C=O) groups is 1. The van der Waals surface area contributed by atoms with Crippen LogP contribution in [-0.2, 0) is 22.3 Å². The zero-order valence-electron chi connectivity index (χ0n) is 14.7. The van der Waals surface area contributed by atoms with Gasteiger partial charge in [-0.15, -0.1) is 0 Å². The van der Waals surface area contributed by atoms with Crippen LogP contribution in [0.1, 0.15) is 26.3 Å². The maximum Gasteiger partial charge on any atom is 0.416 e. The van der Waals surface area contributed by atoms with Crippen LogP contribution < -0.4 is 5.73 Å². The van der Waals surface area contributed by atoms with Crippen LogP contribution in [0.25, 0.3) is 21.9 Å². The number of rotatable bonds is 2. The van der Waals surface area contributed by atoms with Gasteiger partial charge in [-0.3, -0.25) is 4.79 Å². The van der Waals surface area contributed by atoms with Gasteiger partial charge in [0.2, 0.25) is 0 Å². The topological polar surface area (TPSA) is 83.0 Å². The van der Waals surface area contributed by atoms with E-state index in [9.17, 15) is 22.4 Å². The van der Waals surface area contributed by atoms with Crippen molar-refractivity contribution >= 4 is 33.7 Å². The summed E-state index contributed by atoms with van der Waals surface area (Å²) in [4.78, 5) is 20.0. The van der Waals surface area contributed by atoms with Gasteiger partial charge in [0.05, 0.1) is 16.5 Å². The third-order valence-electron chi connectivity index (χ3n) is 3.75. The fourth-order valence-electron chi connectivity index (χ4n) is 2.84. The second kappa shape index (κ2) is 6.07. The molecule has 2 heterocycles. The van der Waals surface area contributed by atoms with Gasteiger partial charge in [0.1, 0.15) is 35.8 Å². The largest absolute Gasteiger partial charge is 0.459 e. The van der Waals surface area contributed by atoms with E-state index in [4.69, 9.17) is 10.5 Å². The van der Waals surface area contributed by atoms with Crippen molar-refractivity contribution < 1.29 is 27.1 Å². The third kappa shape index (κ3) is 3.51. The molecule has 3 rings (SSSR count). The summed E-state index contributed by atoms with van der Waals surface area (Å²) < 4.78 is 60.3. The van der Waals surface area contributed by atoms with Gasteiger partial charge in [-0.2, -0.15) is 13.2 Å². The number of ether oxygens (including phenoxy) is 1. The number of carbonyl (C=O) groups excluding carboxylic acids is 1. The molecule has 0 aliphatic heterocycles. The number of nitrogens with two attached hydrogens (primary N) is 1. The van der Waals surface area contributed by atoms with E-state index in [1.54, 1.807) is 20.8 Å². The molecule has 1 aromatic carbocycles. The number of halogens is 4. The molecule has 2 aromatic heterocycles. The van der Waals surface area contributed by atoms with Crippen LogP contribution in [0.5, 0.6) is 0 Å². The van der Waals surface area contributed by atoms with Crippen molar-refractivity contribution in [3.63, 3.8) is 0 Å². The number of benzene rings is 1. The molecule has 0 aliphatic rings. The lowest BCUT2D eigenvalue weighted by atomic mass is 10.1. The molecule has 0 spiro atoms. The first-order valence-electron chi connectivity index (χ1n) is 7.89. The zero-order chi connectivity index (χ0) is 20.1. The van der Waals surface area contributed by atoms with E-state index in [0.29, 0.717) is 6.07 Å². The summed E-state index contributed by atoms with van der Waals surface area (Å²) in [5.74, 6) is -1.97. The predicted molar refractivity (Wildman–Crippen MR) is 90.3 cm³/mol. The Morgan fingerprint density at radius 1 is 1.22 bits per heavy atom. The zero-order valence-corrected chi connectivity index (χ0v) is 14.7. The van der Waals surface area contributed by atoms with Crippen molar-refractivity contribution in [2.75, 3.05) is 5.73 Å². The molecule has 6 nitrogen and oxygen atoms in total. The second-order valence-electron chi connectivity index (χ2n) is 6.98. The summed E-state index contributed by atoms with van der Waals surface area (Å²) in [5, 5.41) is -0.0833. The van der Waals surface area contributed by atoms with Crippen LogP contribution in [0.4, 0.5) is 23.4 Å². The van der Waals surface area contributed by atoms with Crippen LogP contribution >= 0.6 is 0 Å². The maximum absolute atomic E-state index is 14.6. The highest BCUT2D eigenvalue weighted by Gasteiger charge is 2.33. The van der Waals surface area contributed by atoms with Gasteiger partial charge in [0, 0.05) is 5.39 Å². The van der Waals surface area contributed by atoms with E-state index in [0.717, 1.165) is 17.0 Å². The van der Waals surface area contributed by atoms with Gasteiger partial charge in [-0.05, 0) is 32.9 Å². The number of nitrogen functional groups attached to an aromatic ring is 1. The third-order valence-corrected chi connectivity index (χ3v) is 3.75. The lowest BCUT2D eigenvalue weighted by Gasteiger charge is -2.20. The van der Waals surface area contributed by atoms with E-state index in [2.05, 4.69) is 9.97 Å². The maximum atomic E-state index is 14.6. The fraction of sp³-hybridized carbons (Fsp3) is 0.353. The number of esters is 1. The number of hydrogen-bond acceptors (Lipinski definition) is 5. The van der Waals surface area contributed by atoms with Gasteiger partial charge in [0.25, 0.3) is 0 Å². The molecule has 10 heteroatoms. The molecule has 0 aliphatic carbocycles. The van der Waals surface area contributed by atoms with Crippen molar-refractivity contribution in [1.29, 1.82) is 0 Å². The predicted octanol–water partition coefficient (Wildman–Crippen LogP) is 3.67. The minimum absolute atomic E-state index is 0.0426. The number of aromatic nitrogens is 3. The Bertz CT molecular complexity index is 1050. The normalized spacial score (nSPS) is 12.7. The smallest absolute Gasteiger partial charge is 0.416 e. The van der Waals surface area contributed by atoms with Crippen LogP contribution in [0.3, 0.4) is 0 Å². The molecule has 0 saturated carbocycles. The van der Waals surface area contributed by atoms with Crippen LogP contribution in [0.15, 0.2) is 18.5 Å². The number of nitrogens with zero attached hydrogens (tertiary/aromatic N) is 3. The highest BCUT2D eigenvalue weighted by atomic mass is 19.4. The first kappa shape index (κ1) is 18.9. The fourth-order valence-corrected chi connectivity index (χ4v) is 2.84. The molecule has 0 radical (unpaired) electrons. The molecule has 3 aromatic rings. The average Bonchev–Trinajstić information content (AvgIpc) is 2.80. The summed E-state index contributed by atoms with van der Waals surface area (Å²) in [5.41, 5.74) is 3.65. The Hall–Kier alpha value is -2.91. The van der Waals surface area contributed by atoms with Crippen molar-refractivity contribution in [1.82, 2.24) is 14.5 Å². The number of anilines is 1. The molecule has 0 fully saturated rings. The average molecular weight is 384 g/mol. The summed E-state index contributed by atoms with van der Waals surface area (Å²) in [6.45, 7) is 4.53. The summed E-state index contributed by atoms with van der Waals surface area (Å²) in [6.07, 6.45) is -3.66. The van der Waals surface area contributed by atoms with Crippen molar-refractivity contribution in [3.8, 4) is 0 Å². The molecule has 27 heavy (non-hydrogen) atoms. The lowest BCUT2D eigenvalue weighted by molar-refractivity contribution is -0.155. The van der Waals surface area contributed by atoms with E-state index in [1.807, 2.05) is 0 Å². The highest BCUT2D eigenvalue weighted by molar-refractivity contribution is 6.12. The Balaban J connectivity index is 2.29. The molecule has 0 saturated heterocycles. The van der Waals surface area contributed by atoms with Crippen LogP contribution in [0.2, 0.25) is 0 Å². The van der Waals surface area contributed by atoms with Gasteiger partial charge in [0.15, 0.2) is 0 Å². The van der Waals surface area contributed by atoms with Gasteiger partial charge in [-0.1, -0.05) is 0 Å². The second-order valence-corrected chi connectivity index (χ2v) is 6.98. The van der Waals surface area contributed by atoms with Crippen molar-refractivity contribution in [3.05, 3.63) is 29.8 Å². The van der Waals surface area contributed by atoms with Crippen LogP contribution in [-0.4, -0.2) is 26.1 Å². The van der Waals surface area contributed by atoms with E-state index < -0.39 is 35.7 Å². The molecule has 0 amide bonds. The van der Waals surface area contributed by atoms with Gasteiger partial charge in [-0.25, -0.2) is 14.4 Å². The molecule has 0 bridgehead atoms. The first-order valence-corrected chi connectivity index (χ1v) is 7.89. The Labute approximate surface area is 150 Å². The standard InChI is InChI=1S/C17H16F4N4O2/c1-16(2,3)27-11(26)6-25-13-9(12-14(22)23-7-24-15(12)25)4-8(5-10(13)18)17(19,20)21/h4-5,7H,6H2,1-3H3,(H2,22,23,24). The van der Waals surface area contributed by atoms with E-state index >= 15 is 0 Å². The summed E-state index contributed by atoms with van der Waals surface area (Å²) in [7, 11) is 0. The quantitative estimate of drug-likeness (QED) is 0.539. The first-order chi connectivity index (χ1) is 12.4. The molecular formula is C17H16F4N4O2.